The maximum Gasteiger partial charge on any atom is 0.177 e. The largest absolute Gasteiger partial charge is 0.296 e. The number of nitrogens with zero attached hydrogens (tertiary/aromatic N) is 1. The fourth-order valence-corrected chi connectivity index (χ4v) is 2.66. The van der Waals surface area contributed by atoms with Crippen LogP contribution in [0.2, 0.25) is 0 Å². The number of likely N-dealkylation sites (N-methyl/N-ethyl adjacent to an activating group) is 1. The van der Waals surface area contributed by atoms with Crippen molar-refractivity contribution in [1.29, 1.82) is 0 Å². The highest BCUT2D eigenvalue weighted by atomic mass is 16.1. The van der Waals surface area contributed by atoms with Crippen molar-refractivity contribution in [3.05, 3.63) is 34.4 Å². The van der Waals surface area contributed by atoms with Crippen molar-refractivity contribution >= 4 is 5.78 Å². The highest BCUT2D eigenvalue weighted by Gasteiger charge is 2.31. The monoisotopic (exact) mass is 259 g/mol. The number of rotatable bonds is 5. The number of hydrogen-bond acceptors (Lipinski definition) is 2. The zero-order valence-corrected chi connectivity index (χ0v) is 12.8. The quantitative estimate of drug-likeness (QED) is 0.754. The van der Waals surface area contributed by atoms with E-state index in [1.807, 2.05) is 13.0 Å². The highest BCUT2D eigenvalue weighted by Crippen LogP contribution is 2.34. The Morgan fingerprint density at radius 3 is 2.37 bits per heavy atom. The molecule has 2 rings (SSSR count). The van der Waals surface area contributed by atoms with E-state index in [1.54, 1.807) is 0 Å². The van der Waals surface area contributed by atoms with E-state index in [-0.39, 0.29) is 5.78 Å². The molecule has 2 nitrogen and oxygen atoms in total. The molecule has 1 aromatic carbocycles. The van der Waals surface area contributed by atoms with Crippen molar-refractivity contribution in [3.63, 3.8) is 0 Å². The first-order valence-corrected chi connectivity index (χ1v) is 7.21. The minimum absolute atomic E-state index is 0.246. The summed E-state index contributed by atoms with van der Waals surface area (Å²) in [6, 6.07) is 4.69. The second-order valence-electron chi connectivity index (χ2n) is 6.17. The summed E-state index contributed by atoms with van der Waals surface area (Å²) in [6.45, 7) is 8.96. The molecule has 0 aliphatic heterocycles. The van der Waals surface area contributed by atoms with Gasteiger partial charge in [-0.25, -0.2) is 0 Å². The average molecular weight is 259 g/mol. The molecule has 1 aliphatic rings. The summed E-state index contributed by atoms with van der Waals surface area (Å²) in [4.78, 5) is 14.6. The fourth-order valence-electron chi connectivity index (χ4n) is 2.66. The highest BCUT2D eigenvalue weighted by molar-refractivity contribution is 5.99. The van der Waals surface area contributed by atoms with Crippen LogP contribution in [0.5, 0.6) is 0 Å². The molecule has 2 heteroatoms. The van der Waals surface area contributed by atoms with Crippen LogP contribution in [0.3, 0.4) is 0 Å². The maximum atomic E-state index is 12.4. The molecular formula is C17H25NO. The second kappa shape index (κ2) is 5.46. The molecule has 1 unspecified atom stereocenters. The van der Waals surface area contributed by atoms with Gasteiger partial charge in [0.1, 0.15) is 0 Å². The molecule has 0 heterocycles. The van der Waals surface area contributed by atoms with Crippen LogP contribution in [0, 0.1) is 26.7 Å². The molecule has 1 saturated carbocycles. The molecule has 1 fully saturated rings. The molecular weight excluding hydrogens is 234 g/mol. The Bertz CT molecular complexity index is 488. The van der Waals surface area contributed by atoms with E-state index in [0.29, 0.717) is 12.6 Å². The maximum absolute atomic E-state index is 12.4. The van der Waals surface area contributed by atoms with Crippen LogP contribution in [0.4, 0.5) is 0 Å². The number of aryl methyl sites for hydroxylation is 3. The zero-order valence-electron chi connectivity index (χ0n) is 12.8. The Hall–Kier alpha value is -1.15. The molecule has 0 amide bonds. The SMILES string of the molecule is Cc1cc(C)c(C(=O)CN(C)C(C)C2CC2)cc1C. The standard InChI is InChI=1S/C17H25NO/c1-11-8-13(3)16(9-12(11)2)17(19)10-18(5)14(4)15-6-7-15/h8-9,14-15H,6-7,10H2,1-5H3. The van der Waals surface area contributed by atoms with E-state index in [2.05, 4.69) is 38.8 Å². The van der Waals surface area contributed by atoms with E-state index in [4.69, 9.17) is 0 Å². The van der Waals surface area contributed by atoms with E-state index < -0.39 is 0 Å². The third kappa shape index (κ3) is 3.24. The molecule has 0 bridgehead atoms. The van der Waals surface area contributed by atoms with Crippen molar-refractivity contribution in [2.45, 2.75) is 46.6 Å². The Balaban J connectivity index is 2.09. The Morgan fingerprint density at radius 1 is 1.21 bits per heavy atom. The summed E-state index contributed by atoms with van der Waals surface area (Å²) in [5.74, 6) is 1.05. The molecule has 1 aromatic rings. The summed E-state index contributed by atoms with van der Waals surface area (Å²) >= 11 is 0. The first kappa shape index (κ1) is 14.3. The van der Waals surface area contributed by atoms with Gasteiger partial charge < -0.3 is 0 Å². The minimum atomic E-state index is 0.246. The van der Waals surface area contributed by atoms with Crippen LogP contribution in [0.25, 0.3) is 0 Å². The number of benzene rings is 1. The van der Waals surface area contributed by atoms with Gasteiger partial charge in [-0.05, 0) is 76.3 Å². The van der Waals surface area contributed by atoms with Gasteiger partial charge in [0.05, 0.1) is 6.54 Å². The van der Waals surface area contributed by atoms with Gasteiger partial charge >= 0.3 is 0 Å². The Kier molecular flexibility index (Phi) is 4.10. The van der Waals surface area contributed by atoms with Crippen LogP contribution < -0.4 is 0 Å². The smallest absolute Gasteiger partial charge is 0.177 e. The molecule has 19 heavy (non-hydrogen) atoms. The fraction of sp³-hybridized carbons (Fsp3) is 0.588. The lowest BCUT2D eigenvalue weighted by Crippen LogP contribution is -2.35. The number of hydrogen-bond donors (Lipinski definition) is 0. The lowest BCUT2D eigenvalue weighted by Gasteiger charge is -2.24. The summed E-state index contributed by atoms with van der Waals surface area (Å²) < 4.78 is 0. The third-order valence-electron chi connectivity index (χ3n) is 4.53. The van der Waals surface area contributed by atoms with Gasteiger partial charge in [-0.2, -0.15) is 0 Å². The molecule has 0 radical (unpaired) electrons. The topological polar surface area (TPSA) is 20.3 Å². The van der Waals surface area contributed by atoms with Gasteiger partial charge in [0.25, 0.3) is 0 Å². The predicted molar refractivity (Wildman–Crippen MR) is 79.8 cm³/mol. The molecule has 1 atom stereocenters. The van der Waals surface area contributed by atoms with Gasteiger partial charge in [0, 0.05) is 11.6 Å². The first-order chi connectivity index (χ1) is 8.90. The van der Waals surface area contributed by atoms with Crippen molar-refractivity contribution in [3.8, 4) is 0 Å². The number of Topliss-reactive ketones (excluding diaryl/α,β-unsaturated/α-hetero) is 1. The molecule has 104 valence electrons. The van der Waals surface area contributed by atoms with E-state index in [1.165, 1.54) is 24.0 Å². The van der Waals surface area contributed by atoms with Crippen molar-refractivity contribution in [2.24, 2.45) is 5.92 Å². The Morgan fingerprint density at radius 2 is 1.79 bits per heavy atom. The van der Waals surface area contributed by atoms with E-state index >= 15 is 0 Å². The van der Waals surface area contributed by atoms with Gasteiger partial charge in [0.15, 0.2) is 5.78 Å². The van der Waals surface area contributed by atoms with Gasteiger partial charge in [-0.1, -0.05) is 6.07 Å². The van der Waals surface area contributed by atoms with Crippen molar-refractivity contribution in [2.75, 3.05) is 13.6 Å². The molecule has 0 spiro atoms. The molecule has 0 saturated heterocycles. The van der Waals surface area contributed by atoms with Crippen LogP contribution in [0.15, 0.2) is 12.1 Å². The zero-order chi connectivity index (χ0) is 14.2. The normalized spacial score (nSPS) is 16.7. The van der Waals surface area contributed by atoms with Crippen molar-refractivity contribution in [1.82, 2.24) is 4.90 Å². The van der Waals surface area contributed by atoms with Gasteiger partial charge in [-0.15, -0.1) is 0 Å². The van der Waals surface area contributed by atoms with Gasteiger partial charge in [-0.3, -0.25) is 9.69 Å². The molecule has 0 N–H and O–H groups in total. The molecule has 1 aliphatic carbocycles. The molecule has 0 aromatic heterocycles. The van der Waals surface area contributed by atoms with Gasteiger partial charge in [0.2, 0.25) is 0 Å². The summed E-state index contributed by atoms with van der Waals surface area (Å²) in [6.07, 6.45) is 2.64. The summed E-state index contributed by atoms with van der Waals surface area (Å²) in [5, 5.41) is 0. The predicted octanol–water partition coefficient (Wildman–Crippen LogP) is 3.52. The van der Waals surface area contributed by atoms with Crippen LogP contribution in [0.1, 0.15) is 46.8 Å². The summed E-state index contributed by atoms with van der Waals surface area (Å²) in [5.41, 5.74) is 4.44. The Labute approximate surface area is 116 Å². The number of carbonyl (C=O) groups is 1. The first-order valence-electron chi connectivity index (χ1n) is 7.21. The van der Waals surface area contributed by atoms with Crippen LogP contribution in [-0.4, -0.2) is 30.3 Å². The number of ketones is 1. The minimum Gasteiger partial charge on any atom is -0.296 e. The van der Waals surface area contributed by atoms with Crippen molar-refractivity contribution < 1.29 is 4.79 Å². The lowest BCUT2D eigenvalue weighted by atomic mass is 9.97. The second-order valence-corrected chi connectivity index (χ2v) is 6.17. The van der Waals surface area contributed by atoms with E-state index in [0.717, 1.165) is 17.0 Å². The van der Waals surface area contributed by atoms with Crippen LogP contribution in [-0.2, 0) is 0 Å². The summed E-state index contributed by atoms with van der Waals surface area (Å²) in [7, 11) is 2.07. The van der Waals surface area contributed by atoms with E-state index in [9.17, 15) is 4.79 Å². The lowest BCUT2D eigenvalue weighted by molar-refractivity contribution is 0.0916. The number of carbonyl (C=O) groups excluding carboxylic acids is 1. The average Bonchev–Trinajstić information content (AvgIpc) is 3.16. The third-order valence-corrected chi connectivity index (χ3v) is 4.53. The van der Waals surface area contributed by atoms with Crippen LogP contribution >= 0.6 is 0 Å².